The molecule has 0 fully saturated rings. The highest BCUT2D eigenvalue weighted by atomic mass is 32.1. The van der Waals surface area contributed by atoms with Gasteiger partial charge in [-0.25, -0.2) is 0 Å². The summed E-state index contributed by atoms with van der Waals surface area (Å²) in [5.41, 5.74) is 1.18. The van der Waals surface area contributed by atoms with Gasteiger partial charge in [0.1, 0.15) is 0 Å². The van der Waals surface area contributed by atoms with Crippen molar-refractivity contribution in [2.75, 3.05) is 20.6 Å². The minimum atomic E-state index is -0.388. The average Bonchev–Trinajstić information content (AvgIpc) is 2.83. The first-order valence-electron chi connectivity index (χ1n) is 6.09. The topological polar surface area (TPSA) is 23.5 Å². The van der Waals surface area contributed by atoms with Crippen LogP contribution in [0.4, 0.5) is 0 Å². The van der Waals surface area contributed by atoms with Crippen LogP contribution in [0.2, 0.25) is 0 Å². The third-order valence-electron chi connectivity index (χ3n) is 2.95. The van der Waals surface area contributed by atoms with Gasteiger partial charge in [-0.05, 0) is 31.1 Å². The molecule has 0 aliphatic carbocycles. The second-order valence-electron chi connectivity index (χ2n) is 4.73. The molecule has 0 unspecified atom stereocenters. The van der Waals surface area contributed by atoms with Crippen LogP contribution in [-0.4, -0.2) is 36.8 Å². The van der Waals surface area contributed by atoms with Crippen LogP contribution >= 0.6 is 11.3 Å². The van der Waals surface area contributed by atoms with Gasteiger partial charge >= 0.3 is 0 Å². The van der Waals surface area contributed by atoms with Crippen LogP contribution in [0.1, 0.15) is 16.4 Å². The van der Waals surface area contributed by atoms with Gasteiger partial charge in [-0.3, -0.25) is 0 Å². The number of nitrogens with zero attached hydrogens (tertiary/aromatic N) is 1. The molecule has 0 saturated heterocycles. The third-order valence-corrected chi connectivity index (χ3v) is 3.90. The summed E-state index contributed by atoms with van der Waals surface area (Å²) in [5.74, 6) is 0.0635. The SMILES string of the molecule is CN(C)C[C@@H](O)[C@H](c1ccccc1)c1cccs1. The van der Waals surface area contributed by atoms with Crippen LogP contribution in [0.3, 0.4) is 0 Å². The van der Waals surface area contributed by atoms with Gasteiger partial charge in [-0.2, -0.15) is 0 Å². The van der Waals surface area contributed by atoms with Crippen molar-refractivity contribution in [1.29, 1.82) is 0 Å². The Bertz CT molecular complexity index is 453. The number of hydrogen-bond donors (Lipinski definition) is 1. The maximum Gasteiger partial charge on any atom is 0.0783 e. The first kappa shape index (κ1) is 13.3. The lowest BCUT2D eigenvalue weighted by Gasteiger charge is -2.25. The maximum absolute atomic E-state index is 10.5. The van der Waals surface area contributed by atoms with Crippen molar-refractivity contribution in [1.82, 2.24) is 4.90 Å². The third kappa shape index (κ3) is 3.19. The molecule has 0 radical (unpaired) electrons. The van der Waals surface area contributed by atoms with E-state index in [1.54, 1.807) is 11.3 Å². The number of benzene rings is 1. The predicted molar refractivity (Wildman–Crippen MR) is 77.2 cm³/mol. The van der Waals surface area contributed by atoms with E-state index in [1.807, 2.05) is 43.3 Å². The van der Waals surface area contributed by atoms with Gasteiger partial charge in [0.2, 0.25) is 0 Å². The zero-order chi connectivity index (χ0) is 13.0. The monoisotopic (exact) mass is 261 g/mol. The van der Waals surface area contributed by atoms with Crippen LogP contribution in [0, 0.1) is 0 Å². The molecule has 2 nitrogen and oxygen atoms in total. The predicted octanol–water partition coefficient (Wildman–Crippen LogP) is 2.80. The van der Waals surface area contributed by atoms with Gasteiger partial charge in [0.15, 0.2) is 0 Å². The van der Waals surface area contributed by atoms with Crippen molar-refractivity contribution in [3.8, 4) is 0 Å². The highest BCUT2D eigenvalue weighted by molar-refractivity contribution is 7.10. The summed E-state index contributed by atoms with van der Waals surface area (Å²) in [6.45, 7) is 0.664. The van der Waals surface area contributed by atoms with E-state index in [4.69, 9.17) is 0 Å². The highest BCUT2D eigenvalue weighted by Crippen LogP contribution is 2.31. The van der Waals surface area contributed by atoms with E-state index >= 15 is 0 Å². The van der Waals surface area contributed by atoms with Crippen LogP contribution in [0.5, 0.6) is 0 Å². The molecule has 0 amide bonds. The van der Waals surface area contributed by atoms with Crippen molar-refractivity contribution in [2.45, 2.75) is 12.0 Å². The highest BCUT2D eigenvalue weighted by Gasteiger charge is 2.24. The van der Waals surface area contributed by atoms with Crippen molar-refractivity contribution in [2.24, 2.45) is 0 Å². The first-order valence-corrected chi connectivity index (χ1v) is 6.97. The summed E-state index contributed by atoms with van der Waals surface area (Å²) in [6, 6.07) is 14.4. The molecule has 1 N–H and O–H groups in total. The van der Waals surface area contributed by atoms with Crippen LogP contribution < -0.4 is 0 Å². The summed E-state index contributed by atoms with van der Waals surface area (Å²) >= 11 is 1.70. The number of aliphatic hydroxyl groups is 1. The normalized spacial score (nSPS) is 14.7. The number of likely N-dealkylation sites (N-methyl/N-ethyl adjacent to an activating group) is 1. The van der Waals surface area contributed by atoms with Crippen molar-refractivity contribution in [3.05, 3.63) is 58.3 Å². The van der Waals surface area contributed by atoms with Gasteiger partial charge in [0.05, 0.1) is 6.10 Å². The molecule has 0 bridgehead atoms. The van der Waals surface area contributed by atoms with Crippen LogP contribution in [0.15, 0.2) is 47.8 Å². The smallest absolute Gasteiger partial charge is 0.0783 e. The fourth-order valence-corrected chi connectivity index (χ4v) is 3.10. The summed E-state index contributed by atoms with van der Waals surface area (Å²) in [5, 5.41) is 12.5. The fraction of sp³-hybridized carbons (Fsp3) is 0.333. The van der Waals surface area contributed by atoms with Crippen LogP contribution in [0.25, 0.3) is 0 Å². The fourth-order valence-electron chi connectivity index (χ4n) is 2.18. The van der Waals surface area contributed by atoms with E-state index < -0.39 is 0 Å². The van der Waals surface area contributed by atoms with Gasteiger partial charge in [-0.1, -0.05) is 36.4 Å². The van der Waals surface area contributed by atoms with Gasteiger partial charge in [-0.15, -0.1) is 11.3 Å². The molecule has 0 spiro atoms. The molecule has 0 aliphatic heterocycles. The summed E-state index contributed by atoms with van der Waals surface area (Å²) in [7, 11) is 3.97. The average molecular weight is 261 g/mol. The van der Waals surface area contributed by atoms with Crippen molar-refractivity contribution >= 4 is 11.3 Å². The second kappa shape index (κ2) is 6.14. The Kier molecular flexibility index (Phi) is 4.53. The number of rotatable bonds is 5. The first-order chi connectivity index (χ1) is 8.68. The van der Waals surface area contributed by atoms with E-state index in [0.717, 1.165) is 0 Å². The number of thiophene rings is 1. The molecule has 1 aromatic heterocycles. The Balaban J connectivity index is 2.29. The maximum atomic E-state index is 10.5. The molecule has 1 heterocycles. The number of hydrogen-bond acceptors (Lipinski definition) is 3. The molecule has 18 heavy (non-hydrogen) atoms. The molecule has 2 rings (SSSR count). The van der Waals surface area contributed by atoms with E-state index in [2.05, 4.69) is 23.6 Å². The zero-order valence-electron chi connectivity index (χ0n) is 10.8. The standard InChI is InChI=1S/C15H19NOS/c1-16(2)11-13(17)15(14-9-6-10-18-14)12-7-4-3-5-8-12/h3-10,13,15,17H,11H2,1-2H3/t13-,15+/m1/s1. The Hall–Kier alpha value is -1.16. The molecule has 0 aliphatic rings. The Morgan fingerprint density at radius 2 is 1.83 bits per heavy atom. The minimum absolute atomic E-state index is 0.0635. The lowest BCUT2D eigenvalue weighted by Crippen LogP contribution is -2.31. The van der Waals surface area contributed by atoms with Gasteiger partial charge < -0.3 is 10.0 Å². The quantitative estimate of drug-likeness (QED) is 0.894. The molecule has 1 aromatic carbocycles. The molecule has 2 atom stereocenters. The van der Waals surface area contributed by atoms with E-state index in [1.165, 1.54) is 10.4 Å². The summed E-state index contributed by atoms with van der Waals surface area (Å²) < 4.78 is 0. The molecule has 0 saturated carbocycles. The van der Waals surface area contributed by atoms with E-state index in [0.29, 0.717) is 6.54 Å². The van der Waals surface area contributed by atoms with Gasteiger partial charge in [0, 0.05) is 17.3 Å². The number of aliphatic hydroxyl groups excluding tert-OH is 1. The Morgan fingerprint density at radius 3 is 2.39 bits per heavy atom. The summed E-state index contributed by atoms with van der Waals surface area (Å²) in [6.07, 6.45) is -0.388. The minimum Gasteiger partial charge on any atom is -0.391 e. The zero-order valence-corrected chi connectivity index (χ0v) is 11.6. The summed E-state index contributed by atoms with van der Waals surface area (Å²) in [4.78, 5) is 3.24. The Morgan fingerprint density at radius 1 is 1.11 bits per heavy atom. The lowest BCUT2D eigenvalue weighted by atomic mass is 9.91. The molecule has 96 valence electrons. The molecule has 2 aromatic rings. The lowest BCUT2D eigenvalue weighted by molar-refractivity contribution is 0.122. The van der Waals surface area contributed by atoms with Crippen molar-refractivity contribution < 1.29 is 5.11 Å². The van der Waals surface area contributed by atoms with Crippen molar-refractivity contribution in [3.63, 3.8) is 0 Å². The molecular formula is C15H19NOS. The molecule has 3 heteroatoms. The second-order valence-corrected chi connectivity index (χ2v) is 5.71. The van der Waals surface area contributed by atoms with Gasteiger partial charge in [0.25, 0.3) is 0 Å². The van der Waals surface area contributed by atoms with E-state index in [9.17, 15) is 5.11 Å². The largest absolute Gasteiger partial charge is 0.391 e. The van der Waals surface area contributed by atoms with E-state index in [-0.39, 0.29) is 12.0 Å². The van der Waals surface area contributed by atoms with Crippen LogP contribution in [-0.2, 0) is 0 Å². The molecular weight excluding hydrogens is 242 g/mol. The Labute approximate surface area is 113 Å².